The van der Waals surface area contributed by atoms with Crippen molar-refractivity contribution >= 4 is 44.6 Å². The van der Waals surface area contributed by atoms with Crippen molar-refractivity contribution in [2.75, 3.05) is 16.5 Å². The maximum absolute atomic E-state index is 8.77. The Balaban J connectivity index is 0.981. The molecule has 0 amide bonds. The van der Waals surface area contributed by atoms with Crippen LogP contribution in [-0.4, -0.2) is 16.2 Å². The standard InChI is InChI=1S/C67H64N4O/c1-44-38-63(68-42-58(44)47-28-32-49(33-29-47)66(5,6)7)71-59-37-34-50(67(8,9)10)39-57(59)56-36-35-53(41-62(56)71)72-52-21-16-20-51(40-52)69-43-70(61-25-15-14-24-60(61)69)64-54(45-18-12-11-13-19-45)22-17-23-55(64)46-26-30-48(31-27-46)65(2,3)4/h11-42H,43H2,1-10H3/i1D3. The van der Waals surface area contributed by atoms with E-state index in [9.17, 15) is 0 Å². The van der Waals surface area contributed by atoms with Gasteiger partial charge < -0.3 is 14.5 Å². The fraction of sp³-hybridized carbons (Fsp3) is 0.209. The minimum atomic E-state index is -2.40. The van der Waals surface area contributed by atoms with Crippen molar-refractivity contribution in [3.05, 3.63) is 217 Å². The van der Waals surface area contributed by atoms with Crippen molar-refractivity contribution in [2.45, 2.75) is 85.4 Å². The van der Waals surface area contributed by atoms with Crippen LogP contribution in [-0.2, 0) is 16.2 Å². The maximum atomic E-state index is 8.77. The summed E-state index contributed by atoms with van der Waals surface area (Å²) >= 11 is 0. The summed E-state index contributed by atoms with van der Waals surface area (Å²) in [5.74, 6) is 1.86. The highest BCUT2D eigenvalue weighted by atomic mass is 16.5. The molecule has 1 aliphatic heterocycles. The number of pyridine rings is 1. The SMILES string of the molecule is [2H]C([2H])([2H])c1cc(-n2c3ccc(C(C)(C)C)cc3c3ccc(Oc4cccc(N5CN(c6c(-c7ccccc7)cccc6-c6ccc(C(C)(C)C)cc6)c6ccccc65)c4)cc32)ncc1-c1ccc(C(C)(C)C)cc1. The van der Waals surface area contributed by atoms with Crippen molar-refractivity contribution in [1.29, 1.82) is 0 Å². The Hall–Kier alpha value is -7.89. The number of nitrogens with zero attached hydrogens (tertiary/aromatic N) is 4. The van der Waals surface area contributed by atoms with Crippen molar-refractivity contribution in [3.63, 3.8) is 0 Å². The van der Waals surface area contributed by atoms with Crippen LogP contribution in [0.2, 0.25) is 0 Å². The Labute approximate surface area is 430 Å². The van der Waals surface area contributed by atoms with Crippen LogP contribution in [0.3, 0.4) is 0 Å². The number of rotatable bonds is 8. The molecule has 0 saturated carbocycles. The van der Waals surface area contributed by atoms with Crippen molar-refractivity contribution in [3.8, 4) is 50.7 Å². The van der Waals surface area contributed by atoms with E-state index >= 15 is 0 Å². The zero-order chi connectivity index (χ0) is 52.6. The van der Waals surface area contributed by atoms with E-state index in [1.165, 1.54) is 27.8 Å². The molecule has 358 valence electrons. The first kappa shape index (κ1) is 42.9. The Bertz CT molecular complexity index is 3760. The summed E-state index contributed by atoms with van der Waals surface area (Å²) in [6.07, 6.45) is 1.72. The van der Waals surface area contributed by atoms with E-state index in [0.29, 0.717) is 29.5 Å². The zero-order valence-electron chi connectivity index (χ0n) is 45.9. The second-order valence-electron chi connectivity index (χ2n) is 22.4. The predicted octanol–water partition coefficient (Wildman–Crippen LogP) is 18.4. The van der Waals surface area contributed by atoms with Crippen molar-refractivity contribution in [1.82, 2.24) is 9.55 Å². The number of anilines is 4. The molecule has 10 aromatic rings. The quantitative estimate of drug-likeness (QED) is 0.152. The number of fused-ring (bicyclic) bond motifs is 4. The van der Waals surface area contributed by atoms with Gasteiger partial charge in [0, 0.05) is 55.6 Å². The lowest BCUT2D eigenvalue weighted by atomic mass is 9.86. The first-order chi connectivity index (χ1) is 35.7. The molecular weight excluding hydrogens is 877 g/mol. The molecule has 0 radical (unpaired) electrons. The molecule has 11 rings (SSSR count). The van der Waals surface area contributed by atoms with Gasteiger partial charge in [-0.15, -0.1) is 0 Å². The fourth-order valence-electron chi connectivity index (χ4n) is 10.3. The van der Waals surface area contributed by atoms with Gasteiger partial charge in [-0.05, 0) is 117 Å². The molecule has 5 heteroatoms. The third-order valence-corrected chi connectivity index (χ3v) is 14.3. The monoisotopic (exact) mass is 944 g/mol. The Morgan fingerprint density at radius 3 is 1.67 bits per heavy atom. The minimum Gasteiger partial charge on any atom is -0.457 e. The average Bonchev–Trinajstić information content (AvgIpc) is 3.95. The second-order valence-corrected chi connectivity index (χ2v) is 22.4. The summed E-state index contributed by atoms with van der Waals surface area (Å²) in [4.78, 5) is 9.87. The van der Waals surface area contributed by atoms with Crippen LogP contribution in [0.4, 0.5) is 22.7 Å². The third-order valence-electron chi connectivity index (χ3n) is 14.3. The molecule has 0 unspecified atom stereocenters. The van der Waals surface area contributed by atoms with E-state index in [4.69, 9.17) is 13.8 Å². The van der Waals surface area contributed by atoms with E-state index in [0.717, 1.165) is 61.2 Å². The molecule has 3 heterocycles. The maximum Gasteiger partial charge on any atom is 0.137 e. The first-order valence-electron chi connectivity index (χ1n) is 26.6. The van der Waals surface area contributed by atoms with E-state index in [2.05, 4.69) is 234 Å². The van der Waals surface area contributed by atoms with Gasteiger partial charge in [0.15, 0.2) is 0 Å². The van der Waals surface area contributed by atoms with Crippen LogP contribution in [0.15, 0.2) is 194 Å². The Morgan fingerprint density at radius 2 is 1.03 bits per heavy atom. The Kier molecular flexibility index (Phi) is 10.6. The summed E-state index contributed by atoms with van der Waals surface area (Å²) in [5.41, 5.74) is 16.1. The molecular formula is C67H64N4O. The first-order valence-corrected chi connectivity index (χ1v) is 25.1. The molecule has 5 nitrogen and oxygen atoms in total. The van der Waals surface area contributed by atoms with Gasteiger partial charge in [-0.1, -0.05) is 184 Å². The number of aryl methyl sites for hydroxylation is 1. The summed E-state index contributed by atoms with van der Waals surface area (Å²) in [7, 11) is 0. The molecule has 0 fully saturated rings. The normalized spacial score (nSPS) is 13.8. The topological polar surface area (TPSA) is 33.5 Å². The minimum absolute atomic E-state index is 0.0358. The summed E-state index contributed by atoms with van der Waals surface area (Å²) in [5, 5.41) is 2.08. The highest BCUT2D eigenvalue weighted by Crippen LogP contribution is 2.51. The summed E-state index contributed by atoms with van der Waals surface area (Å²) < 4.78 is 35.2. The smallest absolute Gasteiger partial charge is 0.137 e. The average molecular weight is 944 g/mol. The molecule has 0 spiro atoms. The number of hydrogen-bond acceptors (Lipinski definition) is 4. The second kappa shape index (κ2) is 17.8. The van der Waals surface area contributed by atoms with Gasteiger partial charge in [-0.2, -0.15) is 0 Å². The number of ether oxygens (including phenoxy) is 1. The number of aromatic nitrogens is 2. The predicted molar refractivity (Wildman–Crippen MR) is 304 cm³/mol. The van der Waals surface area contributed by atoms with Gasteiger partial charge in [0.1, 0.15) is 24.0 Å². The number of hydrogen-bond donors (Lipinski definition) is 0. The number of para-hydroxylation sites is 3. The molecule has 0 saturated heterocycles. The van der Waals surface area contributed by atoms with E-state index < -0.39 is 6.85 Å². The van der Waals surface area contributed by atoms with Gasteiger partial charge in [0.2, 0.25) is 0 Å². The lowest BCUT2D eigenvalue weighted by molar-refractivity contribution is 0.483. The molecule has 8 aromatic carbocycles. The molecule has 0 N–H and O–H groups in total. The Morgan fingerprint density at radius 1 is 0.458 bits per heavy atom. The van der Waals surface area contributed by atoms with Crippen LogP contribution in [0.5, 0.6) is 11.5 Å². The van der Waals surface area contributed by atoms with E-state index in [1.54, 1.807) is 12.3 Å². The van der Waals surface area contributed by atoms with Crippen LogP contribution < -0.4 is 14.5 Å². The van der Waals surface area contributed by atoms with Gasteiger partial charge in [-0.25, -0.2) is 4.98 Å². The van der Waals surface area contributed by atoms with Gasteiger partial charge in [0.05, 0.1) is 28.1 Å². The van der Waals surface area contributed by atoms with Crippen molar-refractivity contribution < 1.29 is 8.85 Å². The molecule has 72 heavy (non-hydrogen) atoms. The van der Waals surface area contributed by atoms with Crippen LogP contribution >= 0.6 is 0 Å². The van der Waals surface area contributed by atoms with Gasteiger partial charge >= 0.3 is 0 Å². The summed E-state index contributed by atoms with van der Waals surface area (Å²) in [6, 6.07) is 66.0. The fourth-order valence-corrected chi connectivity index (χ4v) is 10.3. The zero-order valence-corrected chi connectivity index (χ0v) is 42.9. The molecule has 0 aliphatic carbocycles. The van der Waals surface area contributed by atoms with E-state index in [1.807, 2.05) is 24.3 Å². The van der Waals surface area contributed by atoms with Gasteiger partial charge in [0.25, 0.3) is 0 Å². The summed E-state index contributed by atoms with van der Waals surface area (Å²) in [6.45, 7) is 18.1. The lowest BCUT2D eigenvalue weighted by Crippen LogP contribution is -2.25. The molecule has 2 aromatic heterocycles. The highest BCUT2D eigenvalue weighted by Gasteiger charge is 2.32. The lowest BCUT2D eigenvalue weighted by Gasteiger charge is -2.27. The third kappa shape index (κ3) is 8.61. The molecule has 1 aliphatic rings. The van der Waals surface area contributed by atoms with Gasteiger partial charge in [-0.3, -0.25) is 4.57 Å². The van der Waals surface area contributed by atoms with Crippen LogP contribution in [0, 0.1) is 6.85 Å². The van der Waals surface area contributed by atoms with Crippen molar-refractivity contribution in [2.24, 2.45) is 0 Å². The highest BCUT2D eigenvalue weighted by molar-refractivity contribution is 6.10. The largest absolute Gasteiger partial charge is 0.457 e. The number of benzene rings is 8. The van der Waals surface area contributed by atoms with Crippen LogP contribution in [0.1, 0.15) is 88.7 Å². The molecule has 0 bridgehead atoms. The van der Waals surface area contributed by atoms with E-state index in [-0.39, 0.29) is 21.8 Å². The van der Waals surface area contributed by atoms with Crippen LogP contribution in [0.25, 0.3) is 61.0 Å². The molecule has 0 atom stereocenters.